The van der Waals surface area contributed by atoms with Crippen molar-refractivity contribution in [2.75, 3.05) is 0 Å². The highest BCUT2D eigenvalue weighted by Crippen LogP contribution is 2.40. The fourth-order valence-corrected chi connectivity index (χ4v) is 4.26. The Balaban J connectivity index is 1.42. The van der Waals surface area contributed by atoms with E-state index in [2.05, 4.69) is 0 Å². The number of hydrogen-bond donors (Lipinski definition) is 0. The van der Waals surface area contributed by atoms with E-state index in [-0.39, 0.29) is 5.78 Å². The van der Waals surface area contributed by atoms with Crippen LogP contribution < -0.4 is 9.47 Å². The number of hydrogen-bond acceptors (Lipinski definition) is 3. The Labute approximate surface area is 195 Å². The van der Waals surface area contributed by atoms with Crippen molar-refractivity contribution in [3.8, 4) is 11.5 Å². The molecule has 0 spiro atoms. The Morgan fingerprint density at radius 1 is 1.06 bits per heavy atom. The number of aromatic nitrogens is 1. The fourth-order valence-electron chi connectivity index (χ4n) is 3.94. The molecule has 0 saturated carbocycles. The molecular weight excluding hydrogens is 445 g/mol. The molecule has 32 heavy (non-hydrogen) atoms. The molecule has 2 heterocycles. The highest BCUT2D eigenvalue weighted by Gasteiger charge is 2.30. The molecule has 3 aromatic carbocycles. The average molecular weight is 464 g/mol. The number of Topliss-reactive ketones (excluding diaryl/α,β-unsaturated/α-hetero) is 1. The summed E-state index contributed by atoms with van der Waals surface area (Å²) in [6, 6.07) is 17.0. The number of aryl methyl sites for hydroxylation is 1. The zero-order chi connectivity index (χ0) is 22.4. The minimum Gasteiger partial charge on any atom is -0.488 e. The number of para-hydroxylation sites is 1. The Morgan fingerprint density at radius 2 is 1.88 bits per heavy atom. The zero-order valence-corrected chi connectivity index (χ0v) is 19.0. The molecule has 0 aliphatic carbocycles. The summed E-state index contributed by atoms with van der Waals surface area (Å²) >= 11 is 12.1. The van der Waals surface area contributed by atoms with Gasteiger partial charge in [-0.25, -0.2) is 0 Å². The number of nitrogens with zero attached hydrogens (tertiary/aromatic N) is 1. The molecule has 0 saturated heterocycles. The van der Waals surface area contributed by atoms with Crippen LogP contribution in [0.3, 0.4) is 0 Å². The molecule has 5 rings (SSSR count). The first kappa shape index (κ1) is 20.7. The summed E-state index contributed by atoms with van der Waals surface area (Å²) in [7, 11) is 1.98. The summed E-state index contributed by atoms with van der Waals surface area (Å²) in [6.45, 7) is 2.21. The first-order chi connectivity index (χ1) is 15.4. The summed E-state index contributed by atoms with van der Waals surface area (Å²) in [5.74, 6) is 1.36. The second kappa shape index (κ2) is 8.05. The summed E-state index contributed by atoms with van der Waals surface area (Å²) in [6.07, 6.45) is 3.80. The number of ketones is 1. The SMILES string of the molecule is Cc1c(OCc2ccc(Cl)c(Cl)c2)ccc2c1O/C(=C/c1cn(C)c3ccccc13)C2=O. The van der Waals surface area contributed by atoms with Gasteiger partial charge in [-0.15, -0.1) is 0 Å². The normalized spacial score (nSPS) is 14.1. The lowest BCUT2D eigenvalue weighted by Gasteiger charge is -2.12. The first-order valence-electron chi connectivity index (χ1n) is 10.1. The van der Waals surface area contributed by atoms with Gasteiger partial charge in [0.2, 0.25) is 5.78 Å². The van der Waals surface area contributed by atoms with Crippen molar-refractivity contribution in [3.05, 3.63) is 98.9 Å². The fraction of sp³-hybridized carbons (Fsp3) is 0.115. The first-order valence-corrected chi connectivity index (χ1v) is 10.9. The molecule has 4 aromatic rings. The van der Waals surface area contributed by atoms with E-state index in [4.69, 9.17) is 32.7 Å². The van der Waals surface area contributed by atoms with Gasteiger partial charge in [-0.1, -0.05) is 47.5 Å². The van der Waals surface area contributed by atoms with Crippen LogP contribution in [0.2, 0.25) is 10.0 Å². The van der Waals surface area contributed by atoms with Gasteiger partial charge in [0, 0.05) is 35.3 Å². The quantitative estimate of drug-likeness (QED) is 0.306. The van der Waals surface area contributed by atoms with Crippen molar-refractivity contribution in [1.29, 1.82) is 0 Å². The van der Waals surface area contributed by atoms with Crippen LogP contribution in [-0.2, 0) is 13.7 Å². The third-order valence-corrected chi connectivity index (χ3v) is 6.37. The second-order valence-electron chi connectivity index (χ2n) is 7.75. The van der Waals surface area contributed by atoms with E-state index in [1.807, 2.05) is 55.1 Å². The third-order valence-electron chi connectivity index (χ3n) is 5.63. The molecule has 0 bridgehead atoms. The van der Waals surface area contributed by atoms with Crippen LogP contribution in [0.5, 0.6) is 11.5 Å². The van der Waals surface area contributed by atoms with Crippen molar-refractivity contribution in [1.82, 2.24) is 4.57 Å². The van der Waals surface area contributed by atoms with Gasteiger partial charge < -0.3 is 14.0 Å². The highest BCUT2D eigenvalue weighted by molar-refractivity contribution is 6.42. The van der Waals surface area contributed by atoms with E-state index in [9.17, 15) is 4.79 Å². The maximum Gasteiger partial charge on any atom is 0.231 e. The summed E-state index contributed by atoms with van der Waals surface area (Å²) in [5.41, 5.74) is 4.24. The van der Waals surface area contributed by atoms with E-state index in [1.165, 1.54) is 0 Å². The lowest BCUT2D eigenvalue weighted by molar-refractivity contribution is 0.101. The van der Waals surface area contributed by atoms with Gasteiger partial charge in [0.05, 0.1) is 15.6 Å². The van der Waals surface area contributed by atoms with E-state index in [0.29, 0.717) is 39.5 Å². The number of ether oxygens (including phenoxy) is 2. The number of carbonyl (C=O) groups excluding carboxylic acids is 1. The minimum absolute atomic E-state index is 0.132. The van der Waals surface area contributed by atoms with E-state index >= 15 is 0 Å². The maximum atomic E-state index is 13.0. The van der Waals surface area contributed by atoms with Crippen molar-refractivity contribution in [2.45, 2.75) is 13.5 Å². The lowest BCUT2D eigenvalue weighted by atomic mass is 10.1. The molecule has 1 aliphatic rings. The molecule has 160 valence electrons. The average Bonchev–Trinajstić information content (AvgIpc) is 3.28. The smallest absolute Gasteiger partial charge is 0.231 e. The summed E-state index contributed by atoms with van der Waals surface area (Å²) in [5, 5.41) is 2.05. The number of rotatable bonds is 4. The lowest BCUT2D eigenvalue weighted by Crippen LogP contribution is -1.98. The number of fused-ring (bicyclic) bond motifs is 2. The number of benzene rings is 3. The monoisotopic (exact) mass is 463 g/mol. The zero-order valence-electron chi connectivity index (χ0n) is 17.5. The Kier molecular flexibility index (Phi) is 5.20. The van der Waals surface area contributed by atoms with Crippen LogP contribution in [0.25, 0.3) is 17.0 Å². The molecule has 0 fully saturated rings. The van der Waals surface area contributed by atoms with Gasteiger partial charge in [-0.2, -0.15) is 0 Å². The molecule has 0 atom stereocenters. The van der Waals surface area contributed by atoms with Crippen LogP contribution in [-0.4, -0.2) is 10.4 Å². The molecular formula is C26H19Cl2NO3. The summed E-state index contributed by atoms with van der Waals surface area (Å²) in [4.78, 5) is 13.0. The second-order valence-corrected chi connectivity index (χ2v) is 8.57. The van der Waals surface area contributed by atoms with Gasteiger partial charge in [0.1, 0.15) is 18.1 Å². The van der Waals surface area contributed by atoms with Crippen LogP contribution in [0.1, 0.15) is 27.0 Å². The van der Waals surface area contributed by atoms with Gasteiger partial charge in [0.15, 0.2) is 5.76 Å². The van der Waals surface area contributed by atoms with E-state index in [1.54, 1.807) is 30.3 Å². The minimum atomic E-state index is -0.132. The molecule has 0 unspecified atom stereocenters. The van der Waals surface area contributed by atoms with Gasteiger partial charge in [-0.05, 0) is 48.9 Å². The molecule has 1 aromatic heterocycles. The Bertz CT molecular complexity index is 1420. The van der Waals surface area contributed by atoms with Gasteiger partial charge >= 0.3 is 0 Å². The van der Waals surface area contributed by atoms with E-state index in [0.717, 1.165) is 27.6 Å². The van der Waals surface area contributed by atoms with Gasteiger partial charge in [0.25, 0.3) is 0 Å². The number of halogens is 2. The largest absolute Gasteiger partial charge is 0.488 e. The third kappa shape index (κ3) is 3.56. The molecule has 4 nitrogen and oxygen atoms in total. The predicted octanol–water partition coefficient (Wildman–Crippen LogP) is 6.99. The predicted molar refractivity (Wildman–Crippen MR) is 128 cm³/mol. The molecule has 0 amide bonds. The molecule has 1 aliphatic heterocycles. The van der Waals surface area contributed by atoms with E-state index < -0.39 is 0 Å². The standard InChI is InChI=1S/C26H19Cl2NO3/c1-15-23(31-14-16-7-9-20(27)21(28)11-16)10-8-19-25(30)24(32-26(15)19)12-17-13-29(2)22-6-4-3-5-18(17)22/h3-13H,14H2,1-2H3/b24-12+. The number of carbonyl (C=O) groups is 1. The van der Waals surface area contributed by atoms with Crippen LogP contribution in [0.4, 0.5) is 0 Å². The highest BCUT2D eigenvalue weighted by atomic mass is 35.5. The van der Waals surface area contributed by atoms with Crippen LogP contribution in [0, 0.1) is 6.92 Å². The Hall–Kier alpha value is -3.21. The summed E-state index contributed by atoms with van der Waals surface area (Å²) < 4.78 is 14.0. The maximum absolute atomic E-state index is 13.0. The molecule has 0 N–H and O–H groups in total. The van der Waals surface area contributed by atoms with Crippen molar-refractivity contribution in [3.63, 3.8) is 0 Å². The molecule has 6 heteroatoms. The Morgan fingerprint density at radius 3 is 2.69 bits per heavy atom. The topological polar surface area (TPSA) is 40.5 Å². The van der Waals surface area contributed by atoms with Gasteiger partial charge in [-0.3, -0.25) is 4.79 Å². The van der Waals surface area contributed by atoms with Crippen molar-refractivity contribution >= 4 is 46.0 Å². The van der Waals surface area contributed by atoms with Crippen molar-refractivity contribution in [2.24, 2.45) is 7.05 Å². The van der Waals surface area contributed by atoms with Crippen LogP contribution in [0.15, 0.2) is 66.6 Å². The number of allylic oxidation sites excluding steroid dienone is 1. The van der Waals surface area contributed by atoms with Crippen LogP contribution >= 0.6 is 23.2 Å². The molecule has 0 radical (unpaired) electrons. The van der Waals surface area contributed by atoms with Crippen molar-refractivity contribution < 1.29 is 14.3 Å².